The number of sulfone groups is 1. The average Bonchev–Trinajstić information content (AvgIpc) is 2.75. The third-order valence-electron chi connectivity index (χ3n) is 5.11. The maximum atomic E-state index is 12.6. The Hall–Kier alpha value is -2.43. The first-order valence-corrected chi connectivity index (χ1v) is 13.4. The van der Waals surface area contributed by atoms with Crippen LogP contribution in [0, 0.1) is 0 Å². The molecule has 0 saturated carbocycles. The van der Waals surface area contributed by atoms with Crippen LogP contribution in [-0.4, -0.2) is 54.5 Å². The molecule has 2 rings (SSSR count). The Morgan fingerprint density at radius 2 is 1.62 bits per heavy atom. The summed E-state index contributed by atoms with van der Waals surface area (Å²) in [5.41, 5.74) is 1.43. The Balaban J connectivity index is 2.13. The highest BCUT2D eigenvalue weighted by atomic mass is 32.2. The van der Waals surface area contributed by atoms with Crippen LogP contribution in [0.3, 0.4) is 0 Å². The summed E-state index contributed by atoms with van der Waals surface area (Å²) >= 11 is 0. The van der Waals surface area contributed by atoms with Crippen molar-refractivity contribution in [1.82, 2.24) is 9.62 Å². The molecule has 0 aliphatic carbocycles. The molecular weight excluding hydrogens is 452 g/mol. The number of methoxy groups -OCH3 is 1. The number of sulfonamides is 1. The summed E-state index contributed by atoms with van der Waals surface area (Å²) in [6, 6.07) is 10.8. The molecule has 1 amide bonds. The maximum absolute atomic E-state index is 12.6. The van der Waals surface area contributed by atoms with Crippen molar-refractivity contribution < 1.29 is 26.4 Å². The molecule has 2 aromatic rings. The first-order valence-electron chi connectivity index (χ1n) is 10.1. The molecule has 0 fully saturated rings. The molecule has 1 N–H and O–H groups in total. The Morgan fingerprint density at radius 1 is 1.03 bits per heavy atom. The van der Waals surface area contributed by atoms with Crippen molar-refractivity contribution in [3.05, 3.63) is 53.6 Å². The Labute approximate surface area is 190 Å². The van der Waals surface area contributed by atoms with Crippen LogP contribution >= 0.6 is 0 Å². The lowest BCUT2D eigenvalue weighted by Gasteiger charge is -2.18. The fraction of sp³-hybridized carbons (Fsp3) is 0.409. The number of hydrogen-bond acceptors (Lipinski definition) is 6. The highest BCUT2D eigenvalue weighted by Gasteiger charge is 2.20. The van der Waals surface area contributed by atoms with Crippen LogP contribution in [0.4, 0.5) is 0 Å². The molecule has 8 nitrogen and oxygen atoms in total. The Bertz CT molecular complexity index is 1160. The number of nitrogens with one attached hydrogen (secondary N) is 1. The van der Waals surface area contributed by atoms with E-state index in [9.17, 15) is 21.6 Å². The summed E-state index contributed by atoms with van der Waals surface area (Å²) in [5.74, 6) is 0.311. The van der Waals surface area contributed by atoms with E-state index in [0.29, 0.717) is 24.2 Å². The molecule has 0 aliphatic heterocycles. The van der Waals surface area contributed by atoms with Crippen molar-refractivity contribution in [2.24, 2.45) is 0 Å². The summed E-state index contributed by atoms with van der Waals surface area (Å²) in [4.78, 5) is 13.0. The van der Waals surface area contributed by atoms with Gasteiger partial charge in [-0.2, -0.15) is 0 Å². The van der Waals surface area contributed by atoms with Gasteiger partial charge in [-0.05, 0) is 54.3 Å². The number of amides is 1. The predicted molar refractivity (Wildman–Crippen MR) is 123 cm³/mol. The van der Waals surface area contributed by atoms with E-state index in [1.165, 1.54) is 45.5 Å². The van der Waals surface area contributed by atoms with E-state index in [0.717, 1.165) is 16.1 Å². The number of carbonyl (C=O) groups excluding carboxylic acids is 1. The van der Waals surface area contributed by atoms with E-state index in [2.05, 4.69) is 5.32 Å². The monoisotopic (exact) mass is 482 g/mol. The van der Waals surface area contributed by atoms with Crippen LogP contribution < -0.4 is 10.1 Å². The lowest BCUT2D eigenvalue weighted by Crippen LogP contribution is -2.28. The minimum atomic E-state index is -3.60. The predicted octanol–water partition coefficient (Wildman–Crippen LogP) is 2.55. The van der Waals surface area contributed by atoms with E-state index in [-0.39, 0.29) is 28.2 Å². The quantitative estimate of drug-likeness (QED) is 0.557. The van der Waals surface area contributed by atoms with Crippen LogP contribution in [0.25, 0.3) is 0 Å². The highest BCUT2D eigenvalue weighted by molar-refractivity contribution is 7.90. The molecule has 0 saturated heterocycles. The summed E-state index contributed by atoms with van der Waals surface area (Å²) in [5, 5.41) is 2.96. The van der Waals surface area contributed by atoms with E-state index in [1.54, 1.807) is 18.2 Å². The minimum Gasteiger partial charge on any atom is -0.496 e. The third kappa shape index (κ3) is 6.30. The molecule has 0 aromatic heterocycles. The zero-order valence-electron chi connectivity index (χ0n) is 19.0. The molecule has 2 aromatic carbocycles. The summed E-state index contributed by atoms with van der Waals surface area (Å²) < 4.78 is 54.6. The van der Waals surface area contributed by atoms with Crippen LogP contribution in [0.1, 0.15) is 36.9 Å². The van der Waals surface area contributed by atoms with Crippen LogP contribution in [0.15, 0.2) is 52.3 Å². The fourth-order valence-electron chi connectivity index (χ4n) is 3.20. The van der Waals surface area contributed by atoms with Gasteiger partial charge >= 0.3 is 0 Å². The normalized spacial score (nSPS) is 13.1. The van der Waals surface area contributed by atoms with E-state index in [4.69, 9.17) is 4.74 Å². The summed E-state index contributed by atoms with van der Waals surface area (Å²) in [6.45, 7) is 1.92. The van der Waals surface area contributed by atoms with Gasteiger partial charge in [0.2, 0.25) is 15.9 Å². The van der Waals surface area contributed by atoms with Gasteiger partial charge in [0, 0.05) is 26.8 Å². The number of nitrogens with zero attached hydrogens (tertiary/aromatic N) is 1. The van der Waals surface area contributed by atoms with Crippen molar-refractivity contribution in [3.8, 4) is 5.75 Å². The molecule has 0 aliphatic rings. The van der Waals surface area contributed by atoms with E-state index >= 15 is 0 Å². The van der Waals surface area contributed by atoms with Gasteiger partial charge in [-0.25, -0.2) is 21.1 Å². The third-order valence-corrected chi connectivity index (χ3v) is 8.05. The number of ether oxygens (including phenoxy) is 1. The minimum absolute atomic E-state index is 0.135. The Morgan fingerprint density at radius 3 is 2.12 bits per heavy atom. The van der Waals surface area contributed by atoms with Crippen LogP contribution in [0.2, 0.25) is 0 Å². The second kappa shape index (κ2) is 10.5. The van der Waals surface area contributed by atoms with Gasteiger partial charge in [0.05, 0.1) is 22.9 Å². The van der Waals surface area contributed by atoms with Crippen molar-refractivity contribution in [2.45, 2.75) is 42.0 Å². The van der Waals surface area contributed by atoms with Gasteiger partial charge in [-0.1, -0.05) is 19.1 Å². The zero-order chi connectivity index (χ0) is 24.1. The number of rotatable bonds is 10. The number of benzene rings is 2. The van der Waals surface area contributed by atoms with Crippen LogP contribution in [-0.2, 0) is 31.1 Å². The van der Waals surface area contributed by atoms with Crippen molar-refractivity contribution in [3.63, 3.8) is 0 Å². The summed E-state index contributed by atoms with van der Waals surface area (Å²) in [6.07, 6.45) is 2.22. The molecule has 0 radical (unpaired) electrons. The molecule has 10 heteroatoms. The molecule has 0 heterocycles. The number of aryl methyl sites for hydroxylation is 1. The van der Waals surface area contributed by atoms with E-state index in [1.807, 2.05) is 6.92 Å². The van der Waals surface area contributed by atoms with Gasteiger partial charge in [-0.15, -0.1) is 0 Å². The van der Waals surface area contributed by atoms with Gasteiger partial charge in [0.1, 0.15) is 5.75 Å². The Kier molecular flexibility index (Phi) is 8.44. The van der Waals surface area contributed by atoms with Crippen molar-refractivity contribution >= 4 is 25.8 Å². The molecule has 32 heavy (non-hydrogen) atoms. The van der Waals surface area contributed by atoms with Crippen molar-refractivity contribution in [1.29, 1.82) is 0 Å². The highest BCUT2D eigenvalue weighted by Crippen LogP contribution is 2.25. The fourth-order valence-corrected chi connectivity index (χ4v) is 4.79. The first-order chi connectivity index (χ1) is 14.9. The van der Waals surface area contributed by atoms with E-state index < -0.39 is 19.9 Å². The lowest BCUT2D eigenvalue weighted by molar-refractivity contribution is -0.121. The first kappa shape index (κ1) is 25.8. The lowest BCUT2D eigenvalue weighted by atomic mass is 10.0. The average molecular weight is 483 g/mol. The molecule has 176 valence electrons. The largest absolute Gasteiger partial charge is 0.496 e. The summed E-state index contributed by atoms with van der Waals surface area (Å²) in [7, 11) is -2.48. The molecule has 1 atom stereocenters. The number of hydrogen-bond donors (Lipinski definition) is 1. The van der Waals surface area contributed by atoms with Gasteiger partial charge in [0.25, 0.3) is 0 Å². The SMILES string of the molecule is CCC(NC(=O)CCc1cc(S(=O)(=O)N(C)C)ccc1OC)c1ccc(S(C)(=O)=O)cc1. The molecular formula is C22H30N2O6S2. The topological polar surface area (TPSA) is 110 Å². The molecule has 1 unspecified atom stereocenters. The second-order valence-electron chi connectivity index (χ2n) is 7.63. The van der Waals surface area contributed by atoms with Gasteiger partial charge in [-0.3, -0.25) is 4.79 Å². The maximum Gasteiger partial charge on any atom is 0.242 e. The molecule has 0 spiro atoms. The van der Waals surface area contributed by atoms with Gasteiger partial charge in [0.15, 0.2) is 9.84 Å². The molecule has 0 bridgehead atoms. The second-order valence-corrected chi connectivity index (χ2v) is 11.8. The standard InChI is InChI=1S/C22H30N2O6S2/c1-6-20(16-7-10-18(11-8-16)31(5,26)27)23-22(25)14-9-17-15-19(12-13-21(17)30-4)32(28,29)24(2)3/h7-8,10-13,15,20H,6,9,14H2,1-5H3,(H,23,25). The number of carbonyl (C=O) groups is 1. The van der Waals surface area contributed by atoms with Gasteiger partial charge < -0.3 is 10.1 Å². The zero-order valence-corrected chi connectivity index (χ0v) is 20.6. The van der Waals surface area contributed by atoms with Crippen LogP contribution in [0.5, 0.6) is 5.75 Å². The smallest absolute Gasteiger partial charge is 0.242 e. The van der Waals surface area contributed by atoms with Crippen molar-refractivity contribution in [2.75, 3.05) is 27.5 Å².